The highest BCUT2D eigenvalue weighted by Crippen LogP contribution is 1.97. The van der Waals surface area contributed by atoms with E-state index in [0.717, 1.165) is 0 Å². The molecular weight excluding hydrogens is 198 g/mol. The van der Waals surface area contributed by atoms with Gasteiger partial charge < -0.3 is 15.6 Å². The first-order chi connectivity index (χ1) is 6.07. The number of rotatable bonds is 6. The monoisotopic (exact) mass is 209 g/mol. The molecule has 0 bridgehead atoms. The number of alkyl halides is 1. The quantitative estimate of drug-likeness (QED) is 0.473. The molecule has 0 saturated carbocycles. The molecule has 0 aromatic heterocycles. The summed E-state index contributed by atoms with van der Waals surface area (Å²) in [6, 6.07) is -1.01. The molecule has 0 aliphatic carbocycles. The number of ether oxygens (including phenoxy) is 1. The number of aliphatic carboxylic acids is 1. The molecule has 0 amide bonds. The van der Waals surface area contributed by atoms with Crippen molar-refractivity contribution in [2.24, 2.45) is 5.73 Å². The summed E-state index contributed by atoms with van der Waals surface area (Å²) in [6.45, 7) is 0.142. The van der Waals surface area contributed by atoms with Crippen LogP contribution in [0.25, 0.3) is 0 Å². The highest BCUT2D eigenvalue weighted by molar-refractivity contribution is 6.18. The number of halogens is 1. The Kier molecular flexibility index (Phi) is 6.26. The molecule has 5 nitrogen and oxygen atoms in total. The van der Waals surface area contributed by atoms with E-state index in [9.17, 15) is 9.59 Å². The summed E-state index contributed by atoms with van der Waals surface area (Å²) in [5.41, 5.74) is 5.16. The van der Waals surface area contributed by atoms with Crippen LogP contribution in [0.15, 0.2) is 0 Å². The van der Waals surface area contributed by atoms with Gasteiger partial charge in [0.15, 0.2) is 0 Å². The zero-order valence-electron chi connectivity index (χ0n) is 7.03. The molecule has 0 spiro atoms. The molecule has 0 radical (unpaired) electrons. The Morgan fingerprint density at radius 1 is 1.54 bits per heavy atom. The van der Waals surface area contributed by atoms with Crippen LogP contribution in [0.2, 0.25) is 0 Å². The van der Waals surface area contributed by atoms with Gasteiger partial charge in [-0.1, -0.05) is 0 Å². The smallest absolute Gasteiger partial charge is 0.320 e. The first-order valence-corrected chi connectivity index (χ1v) is 4.31. The molecule has 0 saturated heterocycles. The summed E-state index contributed by atoms with van der Waals surface area (Å²) in [5, 5.41) is 8.37. The third kappa shape index (κ3) is 6.36. The molecule has 0 unspecified atom stereocenters. The van der Waals surface area contributed by atoms with E-state index in [1.165, 1.54) is 0 Å². The van der Waals surface area contributed by atoms with Gasteiger partial charge in [0.05, 0.1) is 5.88 Å². The fourth-order valence-corrected chi connectivity index (χ4v) is 0.699. The lowest BCUT2D eigenvalue weighted by Gasteiger charge is -2.05. The van der Waals surface area contributed by atoms with Crippen LogP contribution in [0.3, 0.4) is 0 Å². The van der Waals surface area contributed by atoms with Gasteiger partial charge in [0.25, 0.3) is 0 Å². The molecule has 3 N–H and O–H groups in total. The summed E-state index contributed by atoms with van der Waals surface area (Å²) in [4.78, 5) is 21.0. The first-order valence-electron chi connectivity index (χ1n) is 3.78. The molecule has 0 aromatic carbocycles. The van der Waals surface area contributed by atoms with E-state index >= 15 is 0 Å². The average molecular weight is 210 g/mol. The maximum absolute atomic E-state index is 10.8. The zero-order valence-corrected chi connectivity index (χ0v) is 7.79. The van der Waals surface area contributed by atoms with Gasteiger partial charge in [-0.3, -0.25) is 9.59 Å². The predicted octanol–water partition coefficient (Wildman–Crippen LogP) is -0.0395. The van der Waals surface area contributed by atoms with Crippen molar-refractivity contribution < 1.29 is 19.4 Å². The number of hydrogen-bond donors (Lipinski definition) is 2. The number of carboxylic acid groups (broad SMARTS) is 1. The van der Waals surface area contributed by atoms with Gasteiger partial charge in [0, 0.05) is 6.42 Å². The van der Waals surface area contributed by atoms with Crippen molar-refractivity contribution in [1.29, 1.82) is 0 Å². The Morgan fingerprint density at radius 3 is 2.62 bits per heavy atom. The molecule has 0 fully saturated rings. The molecule has 0 aliphatic heterocycles. The highest BCUT2D eigenvalue weighted by Gasteiger charge is 2.13. The number of hydrogen-bond acceptors (Lipinski definition) is 4. The number of carboxylic acids is 1. The van der Waals surface area contributed by atoms with E-state index in [1.54, 1.807) is 0 Å². The second kappa shape index (κ2) is 6.68. The van der Waals surface area contributed by atoms with Gasteiger partial charge in [0.2, 0.25) is 0 Å². The first kappa shape index (κ1) is 12.2. The maximum atomic E-state index is 10.8. The Morgan fingerprint density at radius 2 is 2.15 bits per heavy atom. The second-order valence-corrected chi connectivity index (χ2v) is 2.77. The van der Waals surface area contributed by atoms with E-state index in [1.807, 2.05) is 0 Å². The van der Waals surface area contributed by atoms with Crippen LogP contribution in [-0.2, 0) is 14.3 Å². The third-order valence-corrected chi connectivity index (χ3v) is 1.47. The summed E-state index contributed by atoms with van der Waals surface area (Å²) in [6.07, 6.45) is 0.0841. The van der Waals surface area contributed by atoms with Gasteiger partial charge in [-0.25, -0.2) is 0 Å². The van der Waals surface area contributed by atoms with E-state index in [4.69, 9.17) is 22.4 Å². The van der Waals surface area contributed by atoms with E-state index in [-0.39, 0.29) is 25.3 Å². The lowest BCUT2D eigenvalue weighted by molar-refractivity contribution is -0.143. The molecule has 0 rings (SSSR count). The van der Waals surface area contributed by atoms with Crippen LogP contribution < -0.4 is 5.73 Å². The Hall–Kier alpha value is -0.810. The van der Waals surface area contributed by atoms with Crippen LogP contribution in [0.5, 0.6) is 0 Å². The van der Waals surface area contributed by atoms with Crippen molar-refractivity contribution in [3.63, 3.8) is 0 Å². The summed E-state index contributed by atoms with van der Waals surface area (Å²) in [5.74, 6) is -1.36. The summed E-state index contributed by atoms with van der Waals surface area (Å²) < 4.78 is 4.60. The molecular formula is C7H12ClNO4. The molecule has 1 atom stereocenters. The van der Waals surface area contributed by atoms with Crippen molar-refractivity contribution >= 4 is 23.5 Å². The standard InChI is InChI=1S/C7H12ClNO4/c8-3-4-13-6(10)2-1-5(9)7(11)12/h5H,1-4,9H2,(H,11,12)/t5-/m0/s1. The van der Waals surface area contributed by atoms with Gasteiger partial charge in [-0.2, -0.15) is 0 Å². The van der Waals surface area contributed by atoms with Crippen LogP contribution in [0.4, 0.5) is 0 Å². The van der Waals surface area contributed by atoms with Crippen LogP contribution in [0, 0.1) is 0 Å². The lowest BCUT2D eigenvalue weighted by Crippen LogP contribution is -2.30. The predicted molar refractivity (Wildman–Crippen MR) is 46.5 cm³/mol. The van der Waals surface area contributed by atoms with Gasteiger partial charge in [-0.05, 0) is 6.42 Å². The topological polar surface area (TPSA) is 89.6 Å². The maximum Gasteiger partial charge on any atom is 0.320 e. The number of carbonyl (C=O) groups is 2. The molecule has 0 aliphatic rings. The third-order valence-electron chi connectivity index (χ3n) is 1.32. The summed E-state index contributed by atoms with van der Waals surface area (Å²) in [7, 11) is 0. The van der Waals surface area contributed by atoms with Crippen LogP contribution in [-0.4, -0.2) is 35.6 Å². The minimum absolute atomic E-state index is 0.00432. The Balaban J connectivity index is 3.52. The van der Waals surface area contributed by atoms with Crippen LogP contribution >= 0.6 is 11.6 Å². The lowest BCUT2D eigenvalue weighted by atomic mass is 10.2. The molecule has 0 aromatic rings. The van der Waals surface area contributed by atoms with Gasteiger partial charge in [-0.15, -0.1) is 11.6 Å². The molecule has 76 valence electrons. The number of carbonyl (C=O) groups excluding carboxylic acids is 1. The average Bonchev–Trinajstić information content (AvgIpc) is 2.10. The number of nitrogens with two attached hydrogens (primary N) is 1. The van der Waals surface area contributed by atoms with Gasteiger partial charge in [0.1, 0.15) is 12.6 Å². The van der Waals surface area contributed by atoms with Gasteiger partial charge >= 0.3 is 11.9 Å². The molecule has 0 heterocycles. The summed E-state index contributed by atoms with van der Waals surface area (Å²) >= 11 is 5.26. The SMILES string of the molecule is N[C@@H](CCC(=O)OCCCl)C(=O)O. The fraction of sp³-hybridized carbons (Fsp3) is 0.714. The van der Waals surface area contributed by atoms with Crippen molar-refractivity contribution in [2.75, 3.05) is 12.5 Å². The van der Waals surface area contributed by atoms with Crippen molar-refractivity contribution in [2.45, 2.75) is 18.9 Å². The Labute approximate surface area is 80.8 Å². The van der Waals surface area contributed by atoms with Crippen molar-refractivity contribution in [3.8, 4) is 0 Å². The largest absolute Gasteiger partial charge is 0.480 e. The van der Waals surface area contributed by atoms with Crippen LogP contribution in [0.1, 0.15) is 12.8 Å². The number of esters is 1. The normalized spacial score (nSPS) is 12.2. The van der Waals surface area contributed by atoms with E-state index in [0.29, 0.717) is 0 Å². The minimum atomic E-state index is -1.12. The van der Waals surface area contributed by atoms with E-state index in [2.05, 4.69) is 4.74 Å². The van der Waals surface area contributed by atoms with E-state index < -0.39 is 18.0 Å². The minimum Gasteiger partial charge on any atom is -0.480 e. The fourth-order valence-electron chi connectivity index (χ4n) is 0.621. The van der Waals surface area contributed by atoms with Crippen molar-refractivity contribution in [1.82, 2.24) is 0 Å². The second-order valence-electron chi connectivity index (χ2n) is 2.39. The Bertz CT molecular complexity index is 185. The zero-order chi connectivity index (χ0) is 10.3. The highest BCUT2D eigenvalue weighted by atomic mass is 35.5. The van der Waals surface area contributed by atoms with Crippen molar-refractivity contribution in [3.05, 3.63) is 0 Å². The molecule has 6 heteroatoms. The molecule has 13 heavy (non-hydrogen) atoms.